The van der Waals surface area contributed by atoms with Gasteiger partial charge in [-0.3, -0.25) is 9.59 Å². The second-order valence-corrected chi connectivity index (χ2v) is 15.4. The minimum Gasteiger partial charge on any atom is -0.457 e. The van der Waals surface area contributed by atoms with Gasteiger partial charge in [-0.1, -0.05) is 150 Å². The van der Waals surface area contributed by atoms with Crippen LogP contribution >= 0.6 is 0 Å². The lowest BCUT2D eigenvalue weighted by atomic mass is 9.92. The average Bonchev–Trinajstić information content (AvgIpc) is 3.21. The van der Waals surface area contributed by atoms with Gasteiger partial charge in [0, 0.05) is 36.8 Å². The van der Waals surface area contributed by atoms with Crippen molar-refractivity contribution >= 4 is 69.9 Å². The van der Waals surface area contributed by atoms with Crippen molar-refractivity contribution in [3.63, 3.8) is 0 Å². The molecule has 0 amide bonds. The summed E-state index contributed by atoms with van der Waals surface area (Å²) in [4.78, 5) is 25.0. The van der Waals surface area contributed by atoms with Crippen LogP contribution in [-0.4, -0.2) is 11.9 Å². The molecule has 0 radical (unpaired) electrons. The maximum Gasteiger partial charge on any atom is 0.306 e. The van der Waals surface area contributed by atoms with Crippen LogP contribution in [0.5, 0.6) is 0 Å². The predicted molar refractivity (Wildman–Crippen MR) is 235 cm³/mol. The molecule has 286 valence electrons. The first-order valence-corrected chi connectivity index (χ1v) is 20.8. The molecule has 2 aliphatic carbocycles. The summed E-state index contributed by atoms with van der Waals surface area (Å²) in [6, 6.07) is 30.6. The molecule has 7 rings (SSSR count). The van der Waals surface area contributed by atoms with Gasteiger partial charge in [0.25, 0.3) is 0 Å². The maximum absolute atomic E-state index is 12.5. The number of hydrogen-bond acceptors (Lipinski definition) is 4. The topological polar surface area (TPSA) is 52.6 Å². The molecule has 0 fully saturated rings. The number of carbonyl (C=O) groups excluding carboxylic acids is 2. The van der Waals surface area contributed by atoms with Gasteiger partial charge in [0.1, 0.15) is 12.2 Å². The molecule has 5 aromatic carbocycles. The van der Waals surface area contributed by atoms with Crippen molar-refractivity contribution in [3.8, 4) is 0 Å². The summed E-state index contributed by atoms with van der Waals surface area (Å²) in [5.41, 5.74) is 8.91. The predicted octanol–water partition coefficient (Wildman–Crippen LogP) is 14.3. The van der Waals surface area contributed by atoms with Crippen LogP contribution in [0.4, 0.5) is 0 Å². The molecule has 2 atom stereocenters. The van der Waals surface area contributed by atoms with E-state index in [4.69, 9.17) is 9.47 Å². The van der Waals surface area contributed by atoms with Gasteiger partial charge in [0.15, 0.2) is 0 Å². The number of fused-ring (bicyclic) bond motifs is 4. The lowest BCUT2D eigenvalue weighted by Gasteiger charge is -2.22. The molecule has 4 heteroatoms. The Labute approximate surface area is 332 Å². The number of unbranched alkanes of at least 4 members (excludes halogenated alkanes) is 6. The standard InChI is InChI=1S/C52H54O4/c1-3-5-7-9-17-51(53)55-49-15-11-13-43-31-39(25-29-47(43)49)21-19-37-23-27-41-36-46-34-38(24-28-42(46)35-45(41)33-37)20-22-40-26-30-48-44(32-40)14-12-16-50(48)56-52(54)18-10-8-6-4-2/h11-14,19-36,49-50H,3-10,15-18H2,1-2H3/b21-19+,22-20+. The quantitative estimate of drug-likeness (QED) is 0.0437. The van der Waals surface area contributed by atoms with Gasteiger partial charge >= 0.3 is 11.9 Å². The van der Waals surface area contributed by atoms with E-state index in [1.54, 1.807) is 0 Å². The summed E-state index contributed by atoms with van der Waals surface area (Å²) >= 11 is 0. The minimum atomic E-state index is -0.209. The Balaban J connectivity index is 0.987. The van der Waals surface area contributed by atoms with Gasteiger partial charge in [-0.2, -0.15) is 0 Å². The first-order valence-electron chi connectivity index (χ1n) is 20.8. The molecule has 0 N–H and O–H groups in total. The van der Waals surface area contributed by atoms with E-state index in [0.717, 1.165) is 109 Å². The van der Waals surface area contributed by atoms with Gasteiger partial charge in [0.05, 0.1) is 0 Å². The Bertz CT molecular complexity index is 2140. The van der Waals surface area contributed by atoms with E-state index in [1.807, 2.05) is 0 Å². The highest BCUT2D eigenvalue weighted by Crippen LogP contribution is 2.34. The van der Waals surface area contributed by atoms with Crippen LogP contribution in [0.3, 0.4) is 0 Å². The number of benzene rings is 5. The first kappa shape index (κ1) is 38.8. The summed E-state index contributed by atoms with van der Waals surface area (Å²) in [5.74, 6) is -0.192. The third-order valence-corrected chi connectivity index (χ3v) is 11.0. The smallest absolute Gasteiger partial charge is 0.306 e. The highest BCUT2D eigenvalue weighted by molar-refractivity contribution is 6.00. The van der Waals surface area contributed by atoms with Crippen LogP contribution < -0.4 is 0 Å². The van der Waals surface area contributed by atoms with Crippen LogP contribution in [0, 0.1) is 0 Å². The highest BCUT2D eigenvalue weighted by Gasteiger charge is 2.22. The average molecular weight is 743 g/mol. The molecule has 0 spiro atoms. The van der Waals surface area contributed by atoms with Gasteiger partial charge in [-0.05, 0) is 104 Å². The van der Waals surface area contributed by atoms with Gasteiger partial charge < -0.3 is 9.47 Å². The molecular formula is C52H54O4. The van der Waals surface area contributed by atoms with E-state index in [2.05, 4.69) is 147 Å². The number of ether oxygens (including phenoxy) is 2. The molecule has 5 aromatic rings. The van der Waals surface area contributed by atoms with Crippen LogP contribution in [0.1, 0.15) is 148 Å². The second-order valence-electron chi connectivity index (χ2n) is 15.4. The number of carbonyl (C=O) groups is 2. The number of rotatable bonds is 16. The molecule has 2 unspecified atom stereocenters. The Kier molecular flexibility index (Phi) is 13.1. The van der Waals surface area contributed by atoms with Crippen LogP contribution in [-0.2, 0) is 19.1 Å². The van der Waals surface area contributed by atoms with Crippen molar-refractivity contribution in [2.24, 2.45) is 0 Å². The molecule has 0 aromatic heterocycles. The lowest BCUT2D eigenvalue weighted by Crippen LogP contribution is -2.13. The monoisotopic (exact) mass is 742 g/mol. The minimum absolute atomic E-state index is 0.0959. The SMILES string of the molecule is CCCCCCC(=O)OC1CC=Cc2cc(/C=C/c3ccc4cc5cc(/C=C/c6ccc7c(c6)C=CCC7OC(=O)CCCCCC)ccc5cc4c3)ccc21. The normalized spacial score (nSPS) is 16.1. The zero-order valence-corrected chi connectivity index (χ0v) is 33.0. The second kappa shape index (κ2) is 18.9. The Morgan fingerprint density at radius 3 is 1.34 bits per heavy atom. The summed E-state index contributed by atoms with van der Waals surface area (Å²) in [5, 5.41) is 4.83. The summed E-state index contributed by atoms with van der Waals surface area (Å²) in [6.07, 6.45) is 27.7. The Hall–Kier alpha value is -5.48. The third kappa shape index (κ3) is 10.0. The Morgan fingerprint density at radius 1 is 0.500 bits per heavy atom. The van der Waals surface area contributed by atoms with Crippen LogP contribution in [0.25, 0.3) is 58.0 Å². The highest BCUT2D eigenvalue weighted by atomic mass is 16.5. The van der Waals surface area contributed by atoms with Crippen LogP contribution in [0.2, 0.25) is 0 Å². The molecule has 2 aliphatic rings. The van der Waals surface area contributed by atoms with E-state index in [9.17, 15) is 9.59 Å². The fourth-order valence-corrected chi connectivity index (χ4v) is 7.84. The van der Waals surface area contributed by atoms with Crippen molar-refractivity contribution in [2.45, 2.75) is 103 Å². The van der Waals surface area contributed by atoms with E-state index in [1.165, 1.54) is 21.5 Å². The van der Waals surface area contributed by atoms with E-state index >= 15 is 0 Å². The molecule has 56 heavy (non-hydrogen) atoms. The van der Waals surface area contributed by atoms with Gasteiger partial charge in [-0.25, -0.2) is 0 Å². The van der Waals surface area contributed by atoms with Crippen molar-refractivity contribution in [1.82, 2.24) is 0 Å². The zero-order chi connectivity index (χ0) is 38.7. The van der Waals surface area contributed by atoms with Crippen molar-refractivity contribution in [1.29, 1.82) is 0 Å². The molecule has 0 heterocycles. The molecule has 0 aliphatic heterocycles. The summed E-state index contributed by atoms with van der Waals surface area (Å²) in [6.45, 7) is 4.35. The van der Waals surface area contributed by atoms with Gasteiger partial charge in [0.2, 0.25) is 0 Å². The molecular weight excluding hydrogens is 689 g/mol. The fraction of sp³-hybridized carbons (Fsp3) is 0.308. The summed E-state index contributed by atoms with van der Waals surface area (Å²) < 4.78 is 11.8. The molecule has 0 saturated heterocycles. The summed E-state index contributed by atoms with van der Waals surface area (Å²) in [7, 11) is 0. The van der Waals surface area contributed by atoms with Crippen LogP contribution in [0.15, 0.2) is 97.1 Å². The molecule has 0 bridgehead atoms. The number of hydrogen-bond donors (Lipinski definition) is 0. The van der Waals surface area contributed by atoms with E-state index in [0.29, 0.717) is 12.8 Å². The third-order valence-electron chi connectivity index (χ3n) is 11.0. The largest absolute Gasteiger partial charge is 0.457 e. The van der Waals surface area contributed by atoms with Crippen molar-refractivity contribution < 1.29 is 19.1 Å². The maximum atomic E-state index is 12.5. The van der Waals surface area contributed by atoms with Crippen molar-refractivity contribution in [2.75, 3.05) is 0 Å². The Morgan fingerprint density at radius 2 is 0.911 bits per heavy atom. The lowest BCUT2D eigenvalue weighted by molar-refractivity contribution is -0.150. The zero-order valence-electron chi connectivity index (χ0n) is 33.0. The number of esters is 2. The first-order chi connectivity index (χ1) is 27.4. The van der Waals surface area contributed by atoms with E-state index in [-0.39, 0.29) is 24.1 Å². The van der Waals surface area contributed by atoms with Crippen molar-refractivity contribution in [3.05, 3.63) is 142 Å². The van der Waals surface area contributed by atoms with Gasteiger partial charge in [-0.15, -0.1) is 0 Å². The molecule has 4 nitrogen and oxygen atoms in total. The fourth-order valence-electron chi connectivity index (χ4n) is 7.84. The van der Waals surface area contributed by atoms with E-state index < -0.39 is 0 Å². The molecule has 0 saturated carbocycles.